The van der Waals surface area contributed by atoms with E-state index in [9.17, 15) is 9.59 Å². The summed E-state index contributed by atoms with van der Waals surface area (Å²) in [5, 5.41) is 0. The Hall–Kier alpha value is -4.00. The zero-order valence-electron chi connectivity index (χ0n) is 18.8. The zero-order chi connectivity index (χ0) is 23.5. The highest BCUT2D eigenvalue weighted by atomic mass is 16.5. The highest BCUT2D eigenvalue weighted by molar-refractivity contribution is 6.18. The summed E-state index contributed by atoms with van der Waals surface area (Å²) in [5.74, 6) is 0.479. The van der Waals surface area contributed by atoms with E-state index in [1.807, 2.05) is 0 Å². The van der Waals surface area contributed by atoms with Gasteiger partial charge in [0, 0.05) is 11.1 Å². The molecule has 0 saturated carbocycles. The van der Waals surface area contributed by atoms with Crippen LogP contribution in [-0.2, 0) is 0 Å². The van der Waals surface area contributed by atoms with Crippen molar-refractivity contribution in [2.24, 2.45) is 5.92 Å². The van der Waals surface area contributed by atoms with Crippen LogP contribution < -0.4 is 23.7 Å². The molecule has 0 aliphatic carbocycles. The van der Waals surface area contributed by atoms with Crippen LogP contribution in [0.4, 0.5) is 0 Å². The fraction of sp³-hybridized carbons (Fsp3) is 0.231. The number of fused-ring (bicyclic) bond motifs is 1. The number of ketones is 2. The Morgan fingerprint density at radius 2 is 1.45 bits per heavy atom. The van der Waals surface area contributed by atoms with E-state index in [-0.39, 0.29) is 11.6 Å². The minimum atomic E-state index is -1.10. The summed E-state index contributed by atoms with van der Waals surface area (Å²) >= 11 is 0. The molecule has 0 bridgehead atoms. The van der Waals surface area contributed by atoms with Gasteiger partial charge in [-0.2, -0.15) is 0 Å². The molecule has 1 heterocycles. The minimum Gasteiger partial charge on any atom is -0.497 e. The molecule has 0 saturated heterocycles. The van der Waals surface area contributed by atoms with E-state index < -0.39 is 12.0 Å². The van der Waals surface area contributed by atoms with Crippen LogP contribution in [0, 0.1) is 5.92 Å². The van der Waals surface area contributed by atoms with Crippen LogP contribution in [0.2, 0.25) is 0 Å². The first kappa shape index (κ1) is 22.2. The van der Waals surface area contributed by atoms with E-state index in [2.05, 4.69) is 0 Å². The SMILES string of the molecule is COc1ccc(C(=O)C2C(=O)c3ccccc3OC2c2cc(OC)c(OC)c(OC)c2)cc1. The quantitative estimate of drug-likeness (QED) is 0.388. The monoisotopic (exact) mass is 448 g/mol. The molecule has 0 amide bonds. The number of Topliss-reactive ketones (excluding diaryl/α,β-unsaturated/α-hetero) is 2. The first-order valence-electron chi connectivity index (χ1n) is 10.3. The van der Waals surface area contributed by atoms with Gasteiger partial charge in [0.15, 0.2) is 23.1 Å². The maximum Gasteiger partial charge on any atom is 0.203 e. The molecule has 2 unspecified atom stereocenters. The van der Waals surface area contributed by atoms with Crippen molar-refractivity contribution in [1.29, 1.82) is 0 Å². The molecule has 170 valence electrons. The Balaban J connectivity index is 1.85. The van der Waals surface area contributed by atoms with Crippen molar-refractivity contribution >= 4 is 11.6 Å². The molecule has 0 fully saturated rings. The van der Waals surface area contributed by atoms with Gasteiger partial charge in [-0.15, -0.1) is 0 Å². The molecule has 0 aromatic heterocycles. The Kier molecular flexibility index (Phi) is 6.22. The molecule has 0 N–H and O–H groups in total. The fourth-order valence-corrected chi connectivity index (χ4v) is 4.00. The summed E-state index contributed by atoms with van der Waals surface area (Å²) < 4.78 is 27.8. The number of rotatable bonds is 7. The van der Waals surface area contributed by atoms with E-state index in [1.54, 1.807) is 67.8 Å². The summed E-state index contributed by atoms with van der Waals surface area (Å²) in [7, 11) is 6.06. The third kappa shape index (κ3) is 3.98. The topological polar surface area (TPSA) is 80.3 Å². The fourth-order valence-electron chi connectivity index (χ4n) is 4.00. The standard InChI is InChI=1S/C26H24O7/c1-29-17-11-9-15(10-12-17)23(27)22-24(28)18-7-5-6-8-19(18)33-25(22)16-13-20(30-2)26(32-4)21(14-16)31-3/h5-14,22,25H,1-4H3. The van der Waals surface area contributed by atoms with Crippen molar-refractivity contribution in [3.05, 3.63) is 77.4 Å². The van der Waals surface area contributed by atoms with Gasteiger partial charge in [0.1, 0.15) is 23.5 Å². The highest BCUT2D eigenvalue weighted by Crippen LogP contribution is 2.45. The molecule has 1 aliphatic rings. The maximum absolute atomic E-state index is 13.6. The van der Waals surface area contributed by atoms with Gasteiger partial charge < -0.3 is 23.7 Å². The molecule has 3 aromatic carbocycles. The van der Waals surface area contributed by atoms with Crippen LogP contribution in [0.3, 0.4) is 0 Å². The van der Waals surface area contributed by atoms with Gasteiger partial charge >= 0.3 is 0 Å². The van der Waals surface area contributed by atoms with Crippen LogP contribution in [0.5, 0.6) is 28.7 Å². The number of carbonyl (C=O) groups is 2. The van der Waals surface area contributed by atoms with Gasteiger partial charge in [0.05, 0.1) is 34.0 Å². The van der Waals surface area contributed by atoms with Crippen molar-refractivity contribution in [3.63, 3.8) is 0 Å². The van der Waals surface area contributed by atoms with Crippen molar-refractivity contribution < 1.29 is 33.3 Å². The molecule has 1 aliphatic heterocycles. The molecule has 4 rings (SSSR count). The van der Waals surface area contributed by atoms with Crippen molar-refractivity contribution in [2.45, 2.75) is 6.10 Å². The average molecular weight is 448 g/mol. The number of methoxy groups -OCH3 is 4. The van der Waals surface area contributed by atoms with Crippen LogP contribution in [-0.4, -0.2) is 40.0 Å². The molecule has 0 spiro atoms. The van der Waals surface area contributed by atoms with Crippen LogP contribution in [0.1, 0.15) is 32.4 Å². The largest absolute Gasteiger partial charge is 0.497 e. The third-order valence-corrected chi connectivity index (χ3v) is 5.66. The van der Waals surface area contributed by atoms with Gasteiger partial charge in [0.2, 0.25) is 5.75 Å². The number of para-hydroxylation sites is 1. The van der Waals surface area contributed by atoms with Gasteiger partial charge in [0.25, 0.3) is 0 Å². The van der Waals surface area contributed by atoms with E-state index in [4.69, 9.17) is 23.7 Å². The molecule has 7 heteroatoms. The Bertz CT molecular complexity index is 1160. The van der Waals surface area contributed by atoms with E-state index in [0.717, 1.165) is 0 Å². The number of carbonyl (C=O) groups excluding carboxylic acids is 2. The molecular formula is C26H24O7. The van der Waals surface area contributed by atoms with Crippen LogP contribution in [0.25, 0.3) is 0 Å². The Labute approximate surface area is 191 Å². The smallest absolute Gasteiger partial charge is 0.203 e. The Morgan fingerprint density at radius 1 is 0.818 bits per heavy atom. The number of ether oxygens (including phenoxy) is 5. The number of benzene rings is 3. The van der Waals surface area contributed by atoms with Gasteiger partial charge in [-0.25, -0.2) is 0 Å². The van der Waals surface area contributed by atoms with Crippen LogP contribution in [0.15, 0.2) is 60.7 Å². The van der Waals surface area contributed by atoms with E-state index in [1.165, 1.54) is 21.3 Å². The second kappa shape index (κ2) is 9.24. The van der Waals surface area contributed by atoms with Gasteiger partial charge in [-0.3, -0.25) is 9.59 Å². The van der Waals surface area contributed by atoms with Crippen molar-refractivity contribution in [1.82, 2.24) is 0 Å². The first-order valence-corrected chi connectivity index (χ1v) is 10.3. The lowest BCUT2D eigenvalue weighted by atomic mass is 9.80. The summed E-state index contributed by atoms with van der Waals surface area (Å²) in [6.45, 7) is 0. The second-order valence-electron chi connectivity index (χ2n) is 7.43. The normalized spacial score (nSPS) is 16.9. The molecule has 0 radical (unpaired) electrons. The minimum absolute atomic E-state index is 0.309. The highest BCUT2D eigenvalue weighted by Gasteiger charge is 2.43. The van der Waals surface area contributed by atoms with Gasteiger partial charge in [-0.05, 0) is 48.5 Å². The van der Waals surface area contributed by atoms with Crippen LogP contribution >= 0.6 is 0 Å². The molecular weight excluding hydrogens is 424 g/mol. The lowest BCUT2D eigenvalue weighted by Crippen LogP contribution is -2.37. The van der Waals surface area contributed by atoms with Crippen molar-refractivity contribution in [2.75, 3.05) is 28.4 Å². The first-order chi connectivity index (χ1) is 16.0. The molecule has 33 heavy (non-hydrogen) atoms. The predicted molar refractivity (Wildman–Crippen MR) is 121 cm³/mol. The van der Waals surface area contributed by atoms with E-state index >= 15 is 0 Å². The number of hydrogen-bond acceptors (Lipinski definition) is 7. The molecule has 3 aromatic rings. The lowest BCUT2D eigenvalue weighted by Gasteiger charge is -2.32. The zero-order valence-corrected chi connectivity index (χ0v) is 18.8. The summed E-state index contributed by atoms with van der Waals surface area (Å²) in [5.41, 5.74) is 1.31. The van der Waals surface area contributed by atoms with E-state index in [0.29, 0.717) is 45.4 Å². The van der Waals surface area contributed by atoms with Gasteiger partial charge in [-0.1, -0.05) is 12.1 Å². The Morgan fingerprint density at radius 3 is 2.03 bits per heavy atom. The molecule has 7 nitrogen and oxygen atoms in total. The lowest BCUT2D eigenvalue weighted by molar-refractivity contribution is 0.0568. The average Bonchev–Trinajstić information content (AvgIpc) is 2.87. The number of hydrogen-bond donors (Lipinski definition) is 0. The van der Waals surface area contributed by atoms with Crippen molar-refractivity contribution in [3.8, 4) is 28.7 Å². The summed E-state index contributed by atoms with van der Waals surface area (Å²) in [6, 6.07) is 16.9. The summed E-state index contributed by atoms with van der Waals surface area (Å²) in [6.07, 6.45) is -0.893. The molecule has 2 atom stereocenters. The second-order valence-corrected chi connectivity index (χ2v) is 7.43. The summed E-state index contributed by atoms with van der Waals surface area (Å²) in [4.78, 5) is 27.2. The maximum atomic E-state index is 13.6. The third-order valence-electron chi connectivity index (χ3n) is 5.66. The predicted octanol–water partition coefficient (Wildman–Crippen LogP) is 4.54.